The van der Waals surface area contributed by atoms with Crippen molar-refractivity contribution in [3.05, 3.63) is 60.8 Å². The zero-order chi connectivity index (χ0) is 50.7. The maximum Gasteiger partial charge on any atom is 0.306 e. The summed E-state index contributed by atoms with van der Waals surface area (Å²) in [5, 5.41) is 0. The van der Waals surface area contributed by atoms with Crippen LogP contribution in [-0.2, 0) is 28.6 Å². The molecular weight excluding hydrogens is 865 g/mol. The second-order valence-corrected chi connectivity index (χ2v) is 20.2. The molecule has 70 heavy (non-hydrogen) atoms. The van der Waals surface area contributed by atoms with Crippen molar-refractivity contribution in [2.45, 2.75) is 316 Å². The van der Waals surface area contributed by atoms with E-state index in [1.165, 1.54) is 186 Å². The Balaban J connectivity index is 4.30. The predicted molar refractivity (Wildman–Crippen MR) is 302 cm³/mol. The molecule has 0 radical (unpaired) electrons. The highest BCUT2D eigenvalue weighted by Crippen LogP contribution is 2.16. The molecule has 0 bridgehead atoms. The second-order valence-electron chi connectivity index (χ2n) is 20.2. The normalized spacial score (nSPS) is 12.4. The fraction of sp³-hybridized carbons (Fsp3) is 0.797. The van der Waals surface area contributed by atoms with Crippen molar-refractivity contribution in [3.63, 3.8) is 0 Å². The average molecular weight is 980 g/mol. The lowest BCUT2D eigenvalue weighted by molar-refractivity contribution is -0.167. The molecule has 1 atom stereocenters. The highest BCUT2D eigenvalue weighted by Gasteiger charge is 2.19. The van der Waals surface area contributed by atoms with Crippen LogP contribution in [0.25, 0.3) is 0 Å². The van der Waals surface area contributed by atoms with Gasteiger partial charge >= 0.3 is 17.9 Å². The van der Waals surface area contributed by atoms with Gasteiger partial charge in [0.05, 0.1) is 0 Å². The Hall–Kier alpha value is -2.89. The molecule has 0 N–H and O–H groups in total. The molecule has 0 aromatic carbocycles. The van der Waals surface area contributed by atoms with E-state index in [-0.39, 0.29) is 31.1 Å². The van der Waals surface area contributed by atoms with Gasteiger partial charge in [0.1, 0.15) is 13.2 Å². The van der Waals surface area contributed by atoms with Gasteiger partial charge in [0.25, 0.3) is 0 Å². The molecule has 0 aliphatic heterocycles. The third kappa shape index (κ3) is 56.0. The van der Waals surface area contributed by atoms with E-state index in [4.69, 9.17) is 14.2 Å². The summed E-state index contributed by atoms with van der Waals surface area (Å²) in [5.41, 5.74) is 0. The maximum absolute atomic E-state index is 12.9. The number of carbonyl (C=O) groups is 3. The van der Waals surface area contributed by atoms with E-state index in [0.29, 0.717) is 19.3 Å². The molecular formula is C64H114O6. The third-order valence-corrected chi connectivity index (χ3v) is 13.3. The summed E-state index contributed by atoms with van der Waals surface area (Å²) in [7, 11) is 0. The summed E-state index contributed by atoms with van der Waals surface area (Å²) < 4.78 is 16.9. The van der Waals surface area contributed by atoms with Gasteiger partial charge in [0.15, 0.2) is 6.10 Å². The molecule has 0 aliphatic rings. The SMILES string of the molecule is CC/C=C\C/C=C\C/C=C\C/C=C\CCCCCCCCCCCCC(=O)OCC(COC(=O)CCCCCCCCCCCCCC)OC(=O)CCCCCCCCC/C=C\CCCCCCCC. The van der Waals surface area contributed by atoms with Crippen molar-refractivity contribution < 1.29 is 28.6 Å². The Morgan fingerprint density at radius 2 is 0.557 bits per heavy atom. The van der Waals surface area contributed by atoms with Gasteiger partial charge in [-0.25, -0.2) is 0 Å². The molecule has 6 nitrogen and oxygen atoms in total. The Morgan fingerprint density at radius 1 is 0.300 bits per heavy atom. The second kappa shape index (κ2) is 58.7. The average Bonchev–Trinajstić information content (AvgIpc) is 3.36. The van der Waals surface area contributed by atoms with E-state index in [1.54, 1.807) is 0 Å². The van der Waals surface area contributed by atoms with Crippen LogP contribution < -0.4 is 0 Å². The molecule has 0 saturated heterocycles. The Morgan fingerprint density at radius 3 is 0.886 bits per heavy atom. The molecule has 0 amide bonds. The van der Waals surface area contributed by atoms with Crippen molar-refractivity contribution in [1.29, 1.82) is 0 Å². The lowest BCUT2D eigenvalue weighted by Gasteiger charge is -2.18. The monoisotopic (exact) mass is 979 g/mol. The van der Waals surface area contributed by atoms with E-state index < -0.39 is 6.10 Å². The van der Waals surface area contributed by atoms with Crippen LogP contribution in [0.4, 0.5) is 0 Å². The summed E-state index contributed by atoms with van der Waals surface area (Å²) in [6.07, 6.45) is 73.6. The van der Waals surface area contributed by atoms with Crippen LogP contribution in [0.1, 0.15) is 310 Å². The summed E-state index contributed by atoms with van der Waals surface area (Å²) in [6.45, 7) is 6.55. The molecule has 0 fully saturated rings. The van der Waals surface area contributed by atoms with Gasteiger partial charge < -0.3 is 14.2 Å². The molecule has 6 heteroatoms. The van der Waals surface area contributed by atoms with Gasteiger partial charge in [0, 0.05) is 19.3 Å². The van der Waals surface area contributed by atoms with E-state index >= 15 is 0 Å². The zero-order valence-corrected chi connectivity index (χ0v) is 46.5. The highest BCUT2D eigenvalue weighted by molar-refractivity contribution is 5.71. The van der Waals surface area contributed by atoms with Gasteiger partial charge in [-0.1, -0.05) is 268 Å². The number of hydrogen-bond donors (Lipinski definition) is 0. The lowest BCUT2D eigenvalue weighted by atomic mass is 10.0. The molecule has 0 heterocycles. The number of carbonyl (C=O) groups excluding carboxylic acids is 3. The summed E-state index contributed by atoms with van der Waals surface area (Å²) >= 11 is 0. The number of hydrogen-bond acceptors (Lipinski definition) is 6. The first kappa shape index (κ1) is 67.1. The summed E-state index contributed by atoms with van der Waals surface area (Å²) in [4.78, 5) is 38.2. The van der Waals surface area contributed by atoms with E-state index in [9.17, 15) is 14.4 Å². The quantitative estimate of drug-likeness (QED) is 0.0261. The van der Waals surface area contributed by atoms with Crippen molar-refractivity contribution in [2.75, 3.05) is 13.2 Å². The first-order valence-corrected chi connectivity index (χ1v) is 30.3. The Bertz CT molecular complexity index is 1260. The number of ether oxygens (including phenoxy) is 3. The van der Waals surface area contributed by atoms with Crippen molar-refractivity contribution in [1.82, 2.24) is 0 Å². The molecule has 0 aliphatic carbocycles. The van der Waals surface area contributed by atoms with Gasteiger partial charge in [0.2, 0.25) is 0 Å². The smallest absolute Gasteiger partial charge is 0.306 e. The van der Waals surface area contributed by atoms with Crippen LogP contribution in [0.5, 0.6) is 0 Å². The summed E-state index contributed by atoms with van der Waals surface area (Å²) in [5.74, 6) is -0.868. The summed E-state index contributed by atoms with van der Waals surface area (Å²) in [6, 6.07) is 0. The minimum absolute atomic E-state index is 0.0738. The van der Waals surface area contributed by atoms with Crippen molar-refractivity contribution in [2.24, 2.45) is 0 Å². The van der Waals surface area contributed by atoms with Crippen LogP contribution in [0.2, 0.25) is 0 Å². The number of allylic oxidation sites excluding steroid dienone is 10. The molecule has 1 unspecified atom stereocenters. The predicted octanol–water partition coefficient (Wildman–Crippen LogP) is 20.4. The lowest BCUT2D eigenvalue weighted by Crippen LogP contribution is -2.30. The molecule has 0 aromatic rings. The number of esters is 3. The Labute approximate surface area is 434 Å². The van der Waals surface area contributed by atoms with Crippen LogP contribution in [-0.4, -0.2) is 37.2 Å². The van der Waals surface area contributed by atoms with E-state index in [1.807, 2.05) is 0 Å². The Kier molecular flexibility index (Phi) is 56.3. The number of rotatable bonds is 55. The van der Waals surface area contributed by atoms with Crippen LogP contribution in [0, 0.1) is 0 Å². The van der Waals surface area contributed by atoms with Gasteiger partial charge in [-0.05, 0) is 83.5 Å². The van der Waals surface area contributed by atoms with Crippen molar-refractivity contribution >= 4 is 17.9 Å². The van der Waals surface area contributed by atoms with Crippen LogP contribution >= 0.6 is 0 Å². The molecule has 0 rings (SSSR count). The van der Waals surface area contributed by atoms with E-state index in [2.05, 4.69) is 81.5 Å². The van der Waals surface area contributed by atoms with Crippen molar-refractivity contribution in [3.8, 4) is 0 Å². The number of unbranched alkanes of at least 4 members (excludes halogenated alkanes) is 34. The van der Waals surface area contributed by atoms with Crippen LogP contribution in [0.15, 0.2) is 60.8 Å². The largest absolute Gasteiger partial charge is 0.462 e. The first-order chi connectivity index (χ1) is 34.5. The van der Waals surface area contributed by atoms with E-state index in [0.717, 1.165) is 83.5 Å². The minimum atomic E-state index is -0.776. The molecule has 0 spiro atoms. The fourth-order valence-electron chi connectivity index (χ4n) is 8.72. The third-order valence-electron chi connectivity index (χ3n) is 13.3. The standard InChI is InChI=1S/C64H114O6/c1-4-7-10-13-16-19-22-25-27-29-30-31-32-33-34-36-37-39-42-45-48-51-54-57-63(66)69-60-61(59-68-62(65)56-53-50-47-44-41-24-21-18-15-12-9-6-3)70-64(67)58-55-52-49-46-43-40-38-35-28-26-23-20-17-14-11-8-5-2/h7,10,16,19,25-28,30-31,61H,4-6,8-9,11-15,17-18,20-24,29,32-60H2,1-3H3/b10-7-,19-16-,27-25-,28-26-,31-30-. The highest BCUT2D eigenvalue weighted by atomic mass is 16.6. The maximum atomic E-state index is 12.9. The topological polar surface area (TPSA) is 78.9 Å². The first-order valence-electron chi connectivity index (χ1n) is 30.3. The van der Waals surface area contributed by atoms with Gasteiger partial charge in [-0.15, -0.1) is 0 Å². The molecule has 406 valence electrons. The molecule has 0 aromatic heterocycles. The van der Waals surface area contributed by atoms with Gasteiger partial charge in [-0.2, -0.15) is 0 Å². The molecule has 0 saturated carbocycles. The fourth-order valence-corrected chi connectivity index (χ4v) is 8.72. The minimum Gasteiger partial charge on any atom is -0.462 e. The van der Waals surface area contributed by atoms with Crippen LogP contribution in [0.3, 0.4) is 0 Å². The zero-order valence-electron chi connectivity index (χ0n) is 46.5. The van der Waals surface area contributed by atoms with Gasteiger partial charge in [-0.3, -0.25) is 14.4 Å².